The fourth-order valence-electron chi connectivity index (χ4n) is 6.25. The third-order valence-corrected chi connectivity index (χ3v) is 9.44. The molecule has 39 heavy (non-hydrogen) atoms. The number of halogens is 2. The predicted molar refractivity (Wildman–Crippen MR) is 147 cm³/mol. The Balaban J connectivity index is 1.71. The second-order valence-corrected chi connectivity index (χ2v) is 13.6. The second-order valence-electron chi connectivity index (χ2n) is 11.6. The molecule has 0 aromatic heterocycles. The van der Waals surface area contributed by atoms with Crippen LogP contribution in [0.1, 0.15) is 56.2 Å². The first-order valence-corrected chi connectivity index (χ1v) is 15.3. The van der Waals surface area contributed by atoms with Gasteiger partial charge in [0.1, 0.15) is 11.6 Å². The number of amides is 1. The molecule has 2 aromatic carbocycles. The molecule has 3 N–H and O–H groups in total. The topological polar surface area (TPSA) is 98.7 Å². The van der Waals surface area contributed by atoms with Crippen LogP contribution >= 0.6 is 0 Å². The van der Waals surface area contributed by atoms with Gasteiger partial charge in [-0.15, -0.1) is 0 Å². The van der Waals surface area contributed by atoms with E-state index in [1.807, 2.05) is 12.1 Å². The van der Waals surface area contributed by atoms with Gasteiger partial charge in [0.2, 0.25) is 15.9 Å². The van der Waals surface area contributed by atoms with Gasteiger partial charge >= 0.3 is 0 Å². The van der Waals surface area contributed by atoms with E-state index in [-0.39, 0.29) is 30.7 Å². The van der Waals surface area contributed by atoms with Gasteiger partial charge in [0, 0.05) is 44.2 Å². The lowest BCUT2D eigenvalue weighted by Crippen LogP contribution is -2.55. The highest BCUT2D eigenvalue weighted by atomic mass is 32.2. The Labute approximate surface area is 230 Å². The lowest BCUT2D eigenvalue weighted by Gasteiger charge is -2.39. The Hall–Kier alpha value is -2.40. The summed E-state index contributed by atoms with van der Waals surface area (Å²) in [5, 5.41) is 17.6. The molecule has 1 amide bonds. The van der Waals surface area contributed by atoms with E-state index in [2.05, 4.69) is 36.6 Å². The maximum absolute atomic E-state index is 14.1. The molecule has 4 rings (SSSR count). The Morgan fingerprint density at radius 2 is 1.72 bits per heavy atom. The number of hydrogen-bond acceptors (Lipinski definition) is 5. The zero-order chi connectivity index (χ0) is 28.5. The number of hydrogen-bond donors (Lipinski definition) is 3. The van der Waals surface area contributed by atoms with Crippen molar-refractivity contribution >= 4 is 15.9 Å². The molecule has 0 radical (unpaired) electrons. The third-order valence-electron chi connectivity index (χ3n) is 8.20. The van der Waals surface area contributed by atoms with Crippen molar-refractivity contribution < 1.29 is 27.1 Å². The van der Waals surface area contributed by atoms with Crippen molar-refractivity contribution in [3.8, 4) is 0 Å². The zero-order valence-corrected chi connectivity index (χ0v) is 23.8. The van der Waals surface area contributed by atoms with Crippen LogP contribution in [0.25, 0.3) is 0 Å². The molecule has 2 aliphatic rings. The number of fused-ring (bicyclic) bond motifs is 1. The smallest absolute Gasteiger partial charge is 0.216 e. The van der Waals surface area contributed by atoms with E-state index < -0.39 is 39.3 Å². The summed E-state index contributed by atoms with van der Waals surface area (Å²) in [5.41, 5.74) is 1.99. The Kier molecular flexibility index (Phi) is 8.80. The minimum Gasteiger partial charge on any atom is -0.390 e. The van der Waals surface area contributed by atoms with Gasteiger partial charge in [-0.25, -0.2) is 21.5 Å². The van der Waals surface area contributed by atoms with Crippen molar-refractivity contribution in [2.75, 3.05) is 25.9 Å². The molecule has 0 spiro atoms. The average Bonchev–Trinajstić information content (AvgIpc) is 3.39. The number of rotatable bonds is 10. The van der Waals surface area contributed by atoms with Gasteiger partial charge in [0.25, 0.3) is 0 Å². The number of sulfonamides is 1. The van der Waals surface area contributed by atoms with Crippen LogP contribution in [0.2, 0.25) is 0 Å². The highest BCUT2D eigenvalue weighted by molar-refractivity contribution is 7.88. The van der Waals surface area contributed by atoms with E-state index >= 15 is 0 Å². The predicted octanol–water partition coefficient (Wildman–Crippen LogP) is 3.28. The molecule has 1 aliphatic carbocycles. The van der Waals surface area contributed by atoms with Gasteiger partial charge in [0.15, 0.2) is 0 Å². The van der Waals surface area contributed by atoms with Gasteiger partial charge in [-0.2, -0.15) is 0 Å². The summed E-state index contributed by atoms with van der Waals surface area (Å²) in [6.45, 7) is 6.44. The largest absolute Gasteiger partial charge is 0.390 e. The molecule has 10 heteroatoms. The van der Waals surface area contributed by atoms with Crippen molar-refractivity contribution in [1.29, 1.82) is 0 Å². The maximum Gasteiger partial charge on any atom is 0.216 e. The van der Waals surface area contributed by atoms with Crippen LogP contribution in [0.15, 0.2) is 42.5 Å². The minimum atomic E-state index is -3.30. The molecule has 4 unspecified atom stereocenters. The number of nitrogens with zero attached hydrogens (tertiary/aromatic N) is 1. The number of aliphatic hydroxyl groups is 1. The number of nitrogens with one attached hydrogen (secondary N) is 2. The number of carbonyl (C=O) groups excluding carboxylic acids is 1. The normalized spacial score (nSPS) is 25.0. The van der Waals surface area contributed by atoms with Crippen molar-refractivity contribution in [1.82, 2.24) is 14.9 Å². The summed E-state index contributed by atoms with van der Waals surface area (Å²) < 4.78 is 54.1. The summed E-state index contributed by atoms with van der Waals surface area (Å²) in [5.74, 6) is -1.16. The molecule has 7 nitrogen and oxygen atoms in total. The molecule has 0 bridgehead atoms. The van der Waals surface area contributed by atoms with Crippen molar-refractivity contribution in [3.05, 3.63) is 70.8 Å². The van der Waals surface area contributed by atoms with Crippen LogP contribution in [0, 0.1) is 23.5 Å². The Bertz CT molecular complexity index is 1270. The summed E-state index contributed by atoms with van der Waals surface area (Å²) in [7, 11) is -3.30. The highest BCUT2D eigenvalue weighted by Crippen LogP contribution is 2.50. The van der Waals surface area contributed by atoms with Crippen LogP contribution < -0.4 is 10.6 Å². The van der Waals surface area contributed by atoms with Gasteiger partial charge in [-0.05, 0) is 65.8 Å². The number of benzene rings is 2. The van der Waals surface area contributed by atoms with Crippen molar-refractivity contribution in [2.45, 2.75) is 63.6 Å². The molecule has 1 saturated heterocycles. The van der Waals surface area contributed by atoms with E-state index in [0.717, 1.165) is 17.2 Å². The lowest BCUT2D eigenvalue weighted by molar-refractivity contribution is -0.119. The van der Waals surface area contributed by atoms with Crippen molar-refractivity contribution in [3.63, 3.8) is 0 Å². The SMILES string of the molecule is CC(=O)NCC(O)C(Cc1cc(F)cc(F)c1)NC1(c2cccc(C(C)C)c2)CC2CN(S(C)(=O)=O)CC2C1. The molecule has 1 aliphatic heterocycles. The Morgan fingerprint density at radius 3 is 2.26 bits per heavy atom. The molecule has 1 saturated carbocycles. The second kappa shape index (κ2) is 11.6. The molecule has 2 fully saturated rings. The quantitative estimate of drug-likeness (QED) is 0.412. The third kappa shape index (κ3) is 7.03. The first-order valence-electron chi connectivity index (χ1n) is 13.5. The van der Waals surface area contributed by atoms with E-state index in [1.165, 1.54) is 29.6 Å². The standard InChI is InChI=1S/C29H39F2N3O4S/c1-18(2)21-6-5-7-24(11-21)29(13-22-16-34(39(4,37)38)17-23(22)14-29)33-27(28(36)15-32-19(3)35)10-20-8-25(30)12-26(31)9-20/h5-9,11-12,18,22-23,27-28,33,36H,10,13-17H2,1-4H3,(H,32,35). The lowest BCUT2D eigenvalue weighted by atomic mass is 9.82. The zero-order valence-electron chi connectivity index (χ0n) is 23.0. The number of carbonyl (C=O) groups is 1. The first-order chi connectivity index (χ1) is 18.3. The van der Waals surface area contributed by atoms with Gasteiger partial charge in [0.05, 0.1) is 12.4 Å². The van der Waals surface area contributed by atoms with Gasteiger partial charge < -0.3 is 15.7 Å². The average molecular weight is 564 g/mol. The highest BCUT2D eigenvalue weighted by Gasteiger charge is 2.52. The molecule has 1 heterocycles. The fourth-order valence-corrected chi connectivity index (χ4v) is 7.18. The van der Waals surface area contributed by atoms with Gasteiger partial charge in [-0.1, -0.05) is 38.1 Å². The van der Waals surface area contributed by atoms with Crippen LogP contribution in [0.5, 0.6) is 0 Å². The van der Waals surface area contributed by atoms with Crippen LogP contribution in [0.3, 0.4) is 0 Å². The summed E-state index contributed by atoms with van der Waals surface area (Å²) in [6, 6.07) is 11.0. The van der Waals surface area contributed by atoms with Crippen LogP contribution in [-0.2, 0) is 26.8 Å². The Morgan fingerprint density at radius 1 is 1.10 bits per heavy atom. The monoisotopic (exact) mass is 563 g/mol. The summed E-state index contributed by atoms with van der Waals surface area (Å²) in [4.78, 5) is 11.6. The molecular formula is C29H39F2N3O4S. The fraction of sp³-hybridized carbons (Fsp3) is 0.552. The van der Waals surface area contributed by atoms with Crippen LogP contribution in [-0.4, -0.2) is 61.8 Å². The van der Waals surface area contributed by atoms with Crippen LogP contribution in [0.4, 0.5) is 8.78 Å². The van der Waals surface area contributed by atoms with Gasteiger partial charge in [-0.3, -0.25) is 4.79 Å². The van der Waals surface area contributed by atoms with E-state index in [4.69, 9.17) is 0 Å². The van der Waals surface area contributed by atoms with Crippen molar-refractivity contribution in [2.24, 2.45) is 11.8 Å². The van der Waals surface area contributed by atoms with E-state index in [1.54, 1.807) is 0 Å². The first kappa shape index (κ1) is 29.6. The summed E-state index contributed by atoms with van der Waals surface area (Å²) >= 11 is 0. The molecule has 4 atom stereocenters. The maximum atomic E-state index is 14.1. The summed E-state index contributed by atoms with van der Waals surface area (Å²) in [6.07, 6.45) is 1.61. The molecule has 2 aromatic rings. The van der Waals surface area contributed by atoms with E-state index in [0.29, 0.717) is 37.4 Å². The molecular weight excluding hydrogens is 524 g/mol. The molecule has 214 valence electrons. The van der Waals surface area contributed by atoms with E-state index in [9.17, 15) is 27.1 Å². The minimum absolute atomic E-state index is 0.0262. The number of aliphatic hydroxyl groups excluding tert-OH is 1.